The van der Waals surface area contributed by atoms with E-state index in [2.05, 4.69) is 142 Å². The number of ether oxygens (including phenoxy) is 3. The van der Waals surface area contributed by atoms with Crippen LogP contribution in [-0.4, -0.2) is 37.2 Å². The van der Waals surface area contributed by atoms with E-state index in [4.69, 9.17) is 14.2 Å². The van der Waals surface area contributed by atoms with Crippen LogP contribution >= 0.6 is 0 Å². The van der Waals surface area contributed by atoms with Gasteiger partial charge in [0.15, 0.2) is 6.10 Å². The lowest BCUT2D eigenvalue weighted by Crippen LogP contribution is -2.30. The number of carbonyl (C=O) groups is 3. The minimum atomic E-state index is -0.800. The third-order valence-electron chi connectivity index (χ3n) is 13.4. The van der Waals surface area contributed by atoms with E-state index in [1.54, 1.807) is 0 Å². The maximum absolute atomic E-state index is 12.9. The second-order valence-electron chi connectivity index (χ2n) is 20.9. The van der Waals surface area contributed by atoms with Gasteiger partial charge in [-0.05, 0) is 128 Å². The van der Waals surface area contributed by atoms with Crippen molar-refractivity contribution >= 4 is 17.9 Å². The number of carbonyl (C=O) groups excluding carboxylic acids is 3. The van der Waals surface area contributed by atoms with Crippen LogP contribution in [0.4, 0.5) is 0 Å². The molecule has 77 heavy (non-hydrogen) atoms. The summed E-state index contributed by atoms with van der Waals surface area (Å²) in [5.41, 5.74) is 0. The lowest BCUT2D eigenvalue weighted by atomic mass is 10.0. The molecule has 6 heteroatoms. The number of allylic oxidation sites excluding steroid dienone is 20. The molecule has 1 unspecified atom stereocenters. The van der Waals surface area contributed by atoms with Crippen LogP contribution in [0.3, 0.4) is 0 Å². The third kappa shape index (κ3) is 62.5. The van der Waals surface area contributed by atoms with Crippen molar-refractivity contribution in [1.82, 2.24) is 0 Å². The zero-order chi connectivity index (χ0) is 55.7. The largest absolute Gasteiger partial charge is 0.462 e. The highest BCUT2D eigenvalue weighted by Gasteiger charge is 2.19. The van der Waals surface area contributed by atoms with Gasteiger partial charge in [-0.15, -0.1) is 0 Å². The normalized spacial score (nSPS) is 12.9. The van der Waals surface area contributed by atoms with Crippen LogP contribution in [0, 0.1) is 0 Å². The maximum Gasteiger partial charge on any atom is 0.306 e. The van der Waals surface area contributed by atoms with Crippen LogP contribution in [0.2, 0.25) is 0 Å². The summed E-state index contributed by atoms with van der Waals surface area (Å²) in [6.45, 7) is 6.38. The van der Waals surface area contributed by atoms with Gasteiger partial charge in [-0.2, -0.15) is 0 Å². The standard InChI is InChI=1S/C71H118O6/c1-4-7-10-13-16-19-22-25-28-31-32-33-34-35-36-37-38-41-43-46-49-52-55-58-61-64-70(73)76-67-68(77-71(74)65-62-59-56-53-50-47-44-40-30-27-24-21-18-15-12-9-6-3)66-75-69(72)63-60-57-54-51-48-45-42-39-29-26-23-20-17-14-11-8-5-2/h7,9-10,12,16-21,25-30,32-33,44,47,68H,4-6,8,11,13-15,22-24,31,34-43,45-46,48-67H2,1-3H3/b10-7-,12-9-,19-16-,20-17-,21-18-,28-25-,29-26-,30-27-,33-32-,47-44-. The molecular formula is C71H118O6. The van der Waals surface area contributed by atoms with Gasteiger partial charge in [-0.3, -0.25) is 14.4 Å². The van der Waals surface area contributed by atoms with E-state index in [-0.39, 0.29) is 31.1 Å². The second-order valence-corrected chi connectivity index (χ2v) is 20.9. The van der Waals surface area contributed by atoms with Crippen molar-refractivity contribution in [2.45, 2.75) is 297 Å². The number of esters is 3. The van der Waals surface area contributed by atoms with Crippen molar-refractivity contribution in [3.8, 4) is 0 Å². The van der Waals surface area contributed by atoms with Gasteiger partial charge in [0, 0.05) is 19.3 Å². The van der Waals surface area contributed by atoms with Gasteiger partial charge in [-0.1, -0.05) is 264 Å². The summed E-state index contributed by atoms with van der Waals surface area (Å²) in [6, 6.07) is 0. The summed E-state index contributed by atoms with van der Waals surface area (Å²) in [5, 5.41) is 0. The Morgan fingerprint density at radius 3 is 0.792 bits per heavy atom. The summed E-state index contributed by atoms with van der Waals surface area (Å²) < 4.78 is 16.9. The first-order chi connectivity index (χ1) is 38.0. The molecule has 0 spiro atoms. The monoisotopic (exact) mass is 1070 g/mol. The van der Waals surface area contributed by atoms with E-state index >= 15 is 0 Å². The predicted octanol–water partition coefficient (Wildman–Crippen LogP) is 22.0. The van der Waals surface area contributed by atoms with Crippen molar-refractivity contribution < 1.29 is 28.6 Å². The summed E-state index contributed by atoms with van der Waals surface area (Å²) in [6.07, 6.45) is 89.1. The van der Waals surface area contributed by atoms with Crippen molar-refractivity contribution in [2.24, 2.45) is 0 Å². The molecule has 0 saturated carbocycles. The van der Waals surface area contributed by atoms with E-state index in [0.717, 1.165) is 135 Å². The average Bonchev–Trinajstić information content (AvgIpc) is 3.43. The number of hydrogen-bond donors (Lipinski definition) is 0. The third-order valence-corrected chi connectivity index (χ3v) is 13.4. The Hall–Kier alpha value is -4.19. The topological polar surface area (TPSA) is 78.9 Å². The molecule has 0 amide bonds. The van der Waals surface area contributed by atoms with Crippen molar-refractivity contribution in [3.63, 3.8) is 0 Å². The van der Waals surface area contributed by atoms with Crippen LogP contribution in [0.5, 0.6) is 0 Å². The predicted molar refractivity (Wildman–Crippen MR) is 334 cm³/mol. The van der Waals surface area contributed by atoms with Crippen molar-refractivity contribution in [1.29, 1.82) is 0 Å². The lowest BCUT2D eigenvalue weighted by Gasteiger charge is -2.18. The number of unbranched alkanes of at least 4 members (excludes halogenated alkanes) is 26. The molecule has 0 radical (unpaired) electrons. The molecule has 0 aromatic heterocycles. The summed E-state index contributed by atoms with van der Waals surface area (Å²) >= 11 is 0. The van der Waals surface area contributed by atoms with Gasteiger partial charge in [0.25, 0.3) is 0 Å². The van der Waals surface area contributed by atoms with Gasteiger partial charge in [0.2, 0.25) is 0 Å². The number of hydrogen-bond acceptors (Lipinski definition) is 6. The highest BCUT2D eigenvalue weighted by Crippen LogP contribution is 2.16. The smallest absolute Gasteiger partial charge is 0.306 e. The van der Waals surface area contributed by atoms with Gasteiger partial charge in [0.1, 0.15) is 13.2 Å². The van der Waals surface area contributed by atoms with E-state index < -0.39 is 6.10 Å². The average molecular weight is 1070 g/mol. The first kappa shape index (κ1) is 72.8. The zero-order valence-corrected chi connectivity index (χ0v) is 50.2. The Kier molecular flexibility index (Phi) is 60.8. The summed E-state index contributed by atoms with van der Waals surface area (Å²) in [4.78, 5) is 38.3. The molecule has 0 fully saturated rings. The Morgan fingerprint density at radius 2 is 0.506 bits per heavy atom. The first-order valence-electron chi connectivity index (χ1n) is 32.0. The minimum Gasteiger partial charge on any atom is -0.462 e. The highest BCUT2D eigenvalue weighted by atomic mass is 16.6. The fraction of sp³-hybridized carbons (Fsp3) is 0.676. The fourth-order valence-corrected chi connectivity index (χ4v) is 8.69. The molecule has 0 aromatic rings. The number of rotatable bonds is 57. The van der Waals surface area contributed by atoms with Gasteiger partial charge in [-0.25, -0.2) is 0 Å². The molecule has 0 rings (SSSR count). The molecule has 0 heterocycles. The van der Waals surface area contributed by atoms with Crippen LogP contribution in [0.15, 0.2) is 122 Å². The fourth-order valence-electron chi connectivity index (χ4n) is 8.69. The molecule has 6 nitrogen and oxygen atoms in total. The van der Waals surface area contributed by atoms with Crippen LogP contribution in [0.25, 0.3) is 0 Å². The molecule has 0 saturated heterocycles. The van der Waals surface area contributed by atoms with Gasteiger partial charge < -0.3 is 14.2 Å². The molecule has 0 N–H and O–H groups in total. The zero-order valence-electron chi connectivity index (χ0n) is 50.2. The Balaban J connectivity index is 4.39. The SMILES string of the molecule is CC/C=C\C/C=C\C/C=C\C/C=C\CCCCCCCCCCCCCCC(=O)OCC(COC(=O)CCCCCCCCC/C=C\C/C=C\CCCCC)OC(=O)CCCCCC/C=C\C/C=C\C/C=C\C/C=C\CC. The molecule has 0 aliphatic heterocycles. The molecule has 0 aliphatic carbocycles. The Morgan fingerprint density at radius 1 is 0.273 bits per heavy atom. The second kappa shape index (κ2) is 64.3. The summed E-state index contributed by atoms with van der Waals surface area (Å²) in [7, 11) is 0. The van der Waals surface area contributed by atoms with Crippen molar-refractivity contribution in [3.05, 3.63) is 122 Å². The Bertz CT molecular complexity index is 1600. The first-order valence-corrected chi connectivity index (χ1v) is 32.0. The quantitative estimate of drug-likeness (QED) is 0.0261. The molecule has 0 aromatic carbocycles. The molecule has 438 valence electrons. The molecular weight excluding hydrogens is 949 g/mol. The maximum atomic E-state index is 12.9. The van der Waals surface area contributed by atoms with Gasteiger partial charge in [0.05, 0.1) is 0 Å². The molecule has 0 bridgehead atoms. The van der Waals surface area contributed by atoms with E-state index in [1.807, 2.05) is 0 Å². The van der Waals surface area contributed by atoms with Crippen molar-refractivity contribution in [2.75, 3.05) is 13.2 Å². The van der Waals surface area contributed by atoms with E-state index in [0.29, 0.717) is 19.3 Å². The molecule has 0 aliphatic rings. The van der Waals surface area contributed by atoms with Crippen LogP contribution in [0.1, 0.15) is 290 Å². The molecule has 1 atom stereocenters. The minimum absolute atomic E-state index is 0.0933. The van der Waals surface area contributed by atoms with Crippen LogP contribution < -0.4 is 0 Å². The van der Waals surface area contributed by atoms with E-state index in [1.165, 1.54) is 116 Å². The lowest BCUT2D eigenvalue weighted by molar-refractivity contribution is -0.167. The van der Waals surface area contributed by atoms with Crippen LogP contribution in [-0.2, 0) is 28.6 Å². The van der Waals surface area contributed by atoms with E-state index in [9.17, 15) is 14.4 Å². The van der Waals surface area contributed by atoms with Gasteiger partial charge >= 0.3 is 17.9 Å². The summed E-state index contributed by atoms with van der Waals surface area (Å²) in [5.74, 6) is -0.922. The Labute approximate surface area is 475 Å². The highest BCUT2D eigenvalue weighted by molar-refractivity contribution is 5.71.